The van der Waals surface area contributed by atoms with Crippen LogP contribution in [0.4, 0.5) is 11.5 Å². The first-order chi connectivity index (χ1) is 18.4. The fourth-order valence-corrected chi connectivity index (χ4v) is 5.29. The highest BCUT2D eigenvalue weighted by molar-refractivity contribution is 5.98. The monoisotopic (exact) mass is 510 g/mol. The fraction of sp³-hybridized carbons (Fsp3) is 0.357. The SMILES string of the molecule is CCC(c1nc2c(c(=O)n1C1CC1)CC(C)C=C2)n1nc(-c2ccc(NC(C)=O)cc2)c2c(N)ncnc21. The molecular formula is C28H30N8O2. The number of carbonyl (C=O) groups excluding carboxylic acids is 1. The highest BCUT2D eigenvalue weighted by Crippen LogP contribution is 2.39. The van der Waals surface area contributed by atoms with Crippen molar-refractivity contribution in [2.24, 2.45) is 5.92 Å². The predicted octanol–water partition coefficient (Wildman–Crippen LogP) is 4.13. The Labute approximate surface area is 219 Å². The molecule has 1 fully saturated rings. The number of nitrogens with two attached hydrogens (primary N) is 1. The van der Waals surface area contributed by atoms with Crippen LogP contribution in [0.15, 0.2) is 41.5 Å². The molecule has 0 radical (unpaired) electrons. The standard InChI is InChI=1S/C28H30N8O2/c1-4-22(26-33-21-12-5-15(2)13-20(21)28(38)35(26)19-10-11-19)36-27-23(25(29)30-14-31-27)24(34-36)17-6-8-18(9-7-17)32-16(3)37/h5-9,12,14-15,19,22H,4,10-11,13H2,1-3H3,(H,32,37)(H2,29,30,31). The van der Waals surface area contributed by atoms with Gasteiger partial charge in [-0.05, 0) is 49.8 Å². The molecular weight excluding hydrogens is 480 g/mol. The minimum Gasteiger partial charge on any atom is -0.383 e. The average molecular weight is 511 g/mol. The number of fused-ring (bicyclic) bond motifs is 2. The number of nitrogens with zero attached hydrogens (tertiary/aromatic N) is 6. The van der Waals surface area contributed by atoms with Gasteiger partial charge in [0.25, 0.3) is 5.56 Å². The molecule has 0 spiro atoms. The molecule has 3 aromatic heterocycles. The molecule has 1 aromatic carbocycles. The first-order valence-electron chi connectivity index (χ1n) is 13.1. The predicted molar refractivity (Wildman–Crippen MR) is 147 cm³/mol. The van der Waals surface area contributed by atoms with Crippen molar-refractivity contribution in [1.82, 2.24) is 29.3 Å². The summed E-state index contributed by atoms with van der Waals surface area (Å²) in [7, 11) is 0. The Hall–Kier alpha value is -4.34. The van der Waals surface area contributed by atoms with E-state index in [0.29, 0.717) is 52.8 Å². The smallest absolute Gasteiger partial charge is 0.257 e. The Bertz CT molecular complexity index is 1650. The van der Waals surface area contributed by atoms with Crippen molar-refractivity contribution in [3.8, 4) is 11.3 Å². The van der Waals surface area contributed by atoms with Gasteiger partial charge in [0.05, 0.1) is 11.1 Å². The van der Waals surface area contributed by atoms with Gasteiger partial charge in [0, 0.05) is 29.8 Å². The van der Waals surface area contributed by atoms with Crippen LogP contribution in [0.2, 0.25) is 0 Å². The topological polar surface area (TPSA) is 134 Å². The van der Waals surface area contributed by atoms with Gasteiger partial charge in [0.2, 0.25) is 5.91 Å². The van der Waals surface area contributed by atoms with Crippen LogP contribution in [0.1, 0.15) is 69.2 Å². The molecule has 0 saturated heterocycles. The van der Waals surface area contributed by atoms with E-state index in [4.69, 9.17) is 15.8 Å². The van der Waals surface area contributed by atoms with Crippen molar-refractivity contribution >= 4 is 34.5 Å². The molecule has 10 heteroatoms. The van der Waals surface area contributed by atoms with E-state index in [0.717, 1.165) is 29.7 Å². The zero-order valence-electron chi connectivity index (χ0n) is 21.7. The highest BCUT2D eigenvalue weighted by atomic mass is 16.1. The minimum absolute atomic E-state index is 0.0570. The van der Waals surface area contributed by atoms with Crippen molar-refractivity contribution in [2.45, 2.75) is 58.5 Å². The Morgan fingerprint density at radius 3 is 2.66 bits per heavy atom. The third-order valence-electron chi connectivity index (χ3n) is 7.27. The van der Waals surface area contributed by atoms with Crippen molar-refractivity contribution in [3.63, 3.8) is 0 Å². The fourth-order valence-electron chi connectivity index (χ4n) is 5.29. The van der Waals surface area contributed by atoms with Crippen LogP contribution in [-0.4, -0.2) is 35.2 Å². The number of aromatic nitrogens is 6. The summed E-state index contributed by atoms with van der Waals surface area (Å²) < 4.78 is 3.74. The molecule has 4 aromatic rings. The van der Waals surface area contributed by atoms with Crippen molar-refractivity contribution in [3.05, 3.63) is 64.1 Å². The Morgan fingerprint density at radius 1 is 1.21 bits per heavy atom. The summed E-state index contributed by atoms with van der Waals surface area (Å²) in [5.74, 6) is 1.20. The van der Waals surface area contributed by atoms with E-state index in [9.17, 15) is 9.59 Å². The minimum atomic E-state index is -0.328. The maximum atomic E-state index is 13.7. The Balaban J connectivity index is 1.53. The number of carbonyl (C=O) groups is 1. The summed E-state index contributed by atoms with van der Waals surface area (Å²) in [5, 5.41) is 8.43. The summed E-state index contributed by atoms with van der Waals surface area (Å²) in [5.41, 5.74) is 10.7. The van der Waals surface area contributed by atoms with Crippen LogP contribution in [-0.2, 0) is 11.2 Å². The summed E-state index contributed by atoms with van der Waals surface area (Å²) in [6.07, 6.45) is 8.81. The third kappa shape index (κ3) is 4.06. The zero-order chi connectivity index (χ0) is 26.6. The average Bonchev–Trinajstić information content (AvgIpc) is 3.66. The van der Waals surface area contributed by atoms with Crippen molar-refractivity contribution in [2.75, 3.05) is 11.1 Å². The first kappa shape index (κ1) is 24.0. The van der Waals surface area contributed by atoms with E-state index < -0.39 is 0 Å². The van der Waals surface area contributed by atoms with Crippen LogP contribution in [0.3, 0.4) is 0 Å². The number of nitrogens with one attached hydrogen (secondary N) is 1. The van der Waals surface area contributed by atoms with Gasteiger partial charge in [-0.25, -0.2) is 19.6 Å². The second-order valence-corrected chi connectivity index (χ2v) is 10.2. The molecule has 6 rings (SSSR count). The lowest BCUT2D eigenvalue weighted by atomic mass is 9.94. The highest BCUT2D eigenvalue weighted by Gasteiger charge is 2.34. The number of hydrogen-bond acceptors (Lipinski definition) is 7. The van der Waals surface area contributed by atoms with E-state index in [1.54, 1.807) is 0 Å². The second kappa shape index (κ2) is 9.20. The van der Waals surface area contributed by atoms with E-state index in [1.165, 1.54) is 13.3 Å². The van der Waals surface area contributed by atoms with Crippen molar-refractivity contribution < 1.29 is 4.79 Å². The van der Waals surface area contributed by atoms with E-state index in [2.05, 4.69) is 35.2 Å². The maximum Gasteiger partial charge on any atom is 0.257 e. The molecule has 3 heterocycles. The summed E-state index contributed by atoms with van der Waals surface area (Å²) in [6.45, 7) is 5.65. The number of allylic oxidation sites excluding steroid dienone is 1. The lowest BCUT2D eigenvalue weighted by Gasteiger charge is -2.24. The van der Waals surface area contributed by atoms with E-state index in [-0.39, 0.29) is 23.6 Å². The number of rotatable bonds is 6. The molecule has 2 unspecified atom stereocenters. The lowest BCUT2D eigenvalue weighted by molar-refractivity contribution is -0.114. The van der Waals surface area contributed by atoms with Gasteiger partial charge in [-0.3, -0.25) is 14.2 Å². The maximum absolute atomic E-state index is 13.7. The molecule has 1 amide bonds. The number of hydrogen-bond donors (Lipinski definition) is 2. The number of benzene rings is 1. The molecule has 2 atom stereocenters. The van der Waals surface area contributed by atoms with Gasteiger partial charge in [0.15, 0.2) is 5.65 Å². The summed E-state index contributed by atoms with van der Waals surface area (Å²) in [6, 6.07) is 7.24. The molecule has 0 aliphatic heterocycles. The largest absolute Gasteiger partial charge is 0.383 e. The molecule has 1 saturated carbocycles. The summed E-state index contributed by atoms with van der Waals surface area (Å²) >= 11 is 0. The van der Waals surface area contributed by atoms with Crippen LogP contribution in [0.25, 0.3) is 28.4 Å². The number of amides is 1. The van der Waals surface area contributed by atoms with Crippen molar-refractivity contribution in [1.29, 1.82) is 0 Å². The van der Waals surface area contributed by atoms with Gasteiger partial charge in [-0.2, -0.15) is 5.10 Å². The van der Waals surface area contributed by atoms with Crippen LogP contribution in [0.5, 0.6) is 0 Å². The normalized spacial score (nSPS) is 17.4. The van der Waals surface area contributed by atoms with Gasteiger partial charge >= 0.3 is 0 Å². The molecule has 38 heavy (non-hydrogen) atoms. The van der Waals surface area contributed by atoms with Crippen LogP contribution < -0.4 is 16.6 Å². The summed E-state index contributed by atoms with van der Waals surface area (Å²) in [4.78, 5) is 39.1. The van der Waals surface area contributed by atoms with E-state index >= 15 is 0 Å². The third-order valence-corrected chi connectivity index (χ3v) is 7.27. The Morgan fingerprint density at radius 2 is 1.97 bits per heavy atom. The quantitative estimate of drug-likeness (QED) is 0.398. The first-order valence-corrected chi connectivity index (χ1v) is 13.1. The molecule has 194 valence electrons. The van der Waals surface area contributed by atoms with Gasteiger partial charge in [-0.15, -0.1) is 0 Å². The number of nitrogen functional groups attached to an aromatic ring is 1. The zero-order valence-corrected chi connectivity index (χ0v) is 21.7. The molecule has 3 N–H and O–H groups in total. The van der Waals surface area contributed by atoms with Crippen LogP contribution in [0, 0.1) is 5.92 Å². The Kier molecular flexibility index (Phi) is 5.81. The molecule has 0 bridgehead atoms. The molecule has 2 aliphatic carbocycles. The lowest BCUT2D eigenvalue weighted by Crippen LogP contribution is -2.33. The molecule has 2 aliphatic rings. The van der Waals surface area contributed by atoms with Gasteiger partial charge in [0.1, 0.15) is 29.7 Å². The van der Waals surface area contributed by atoms with Crippen LogP contribution >= 0.6 is 0 Å². The number of anilines is 2. The van der Waals surface area contributed by atoms with Gasteiger partial charge in [-0.1, -0.05) is 32.1 Å². The van der Waals surface area contributed by atoms with Gasteiger partial charge < -0.3 is 11.1 Å². The van der Waals surface area contributed by atoms with E-state index in [1.807, 2.05) is 39.6 Å². The second-order valence-electron chi connectivity index (χ2n) is 10.2. The molecule has 10 nitrogen and oxygen atoms in total.